The van der Waals surface area contributed by atoms with Gasteiger partial charge >= 0.3 is 5.69 Å². The number of anilines is 1. The van der Waals surface area contributed by atoms with Crippen molar-refractivity contribution >= 4 is 34.4 Å². The van der Waals surface area contributed by atoms with Crippen molar-refractivity contribution in [2.45, 2.75) is 26.3 Å². The van der Waals surface area contributed by atoms with Gasteiger partial charge in [-0.25, -0.2) is 9.78 Å². The van der Waals surface area contributed by atoms with Crippen LogP contribution in [0.5, 0.6) is 0 Å². The van der Waals surface area contributed by atoms with E-state index < -0.39 is 11.2 Å². The highest BCUT2D eigenvalue weighted by Gasteiger charge is 2.14. The molecule has 3 rings (SSSR count). The van der Waals surface area contributed by atoms with Crippen molar-refractivity contribution in [1.82, 2.24) is 18.7 Å². The third-order valence-electron chi connectivity index (χ3n) is 4.42. The predicted octanol–water partition coefficient (Wildman–Crippen LogP) is 1.81. The molecule has 0 saturated heterocycles. The van der Waals surface area contributed by atoms with E-state index >= 15 is 0 Å². The summed E-state index contributed by atoms with van der Waals surface area (Å²) in [5.41, 5.74) is 1.44. The van der Waals surface area contributed by atoms with E-state index in [4.69, 9.17) is 11.6 Å². The minimum atomic E-state index is -0.424. The minimum Gasteiger partial charge on any atom is -0.325 e. The Hall–Kier alpha value is -2.87. The zero-order chi connectivity index (χ0) is 19.7. The number of carbonyl (C=O) groups excluding carboxylic acids is 1. The van der Waals surface area contributed by atoms with Crippen molar-refractivity contribution in [3.63, 3.8) is 0 Å². The van der Waals surface area contributed by atoms with Crippen LogP contribution in [0.25, 0.3) is 11.2 Å². The van der Waals surface area contributed by atoms with Crippen LogP contribution in [0.1, 0.15) is 18.4 Å². The van der Waals surface area contributed by atoms with E-state index in [9.17, 15) is 14.4 Å². The van der Waals surface area contributed by atoms with E-state index in [1.54, 1.807) is 23.7 Å². The Bertz CT molecular complexity index is 1140. The molecule has 2 heterocycles. The Balaban J connectivity index is 1.70. The highest BCUT2D eigenvalue weighted by Crippen LogP contribution is 2.22. The maximum atomic E-state index is 12.4. The summed E-state index contributed by atoms with van der Waals surface area (Å²) < 4.78 is 4.05. The maximum absolute atomic E-state index is 12.4. The molecule has 8 nitrogen and oxygen atoms in total. The number of aromatic nitrogens is 4. The first-order chi connectivity index (χ1) is 12.8. The molecule has 0 unspecified atom stereocenters. The predicted molar refractivity (Wildman–Crippen MR) is 104 cm³/mol. The number of nitrogens with one attached hydrogen (secondary N) is 1. The van der Waals surface area contributed by atoms with Gasteiger partial charge in [-0.15, -0.1) is 0 Å². The number of hydrogen-bond donors (Lipinski definition) is 1. The van der Waals surface area contributed by atoms with E-state index in [1.807, 2.05) is 13.0 Å². The average Bonchev–Trinajstić information content (AvgIpc) is 3.04. The molecule has 0 aliphatic rings. The monoisotopic (exact) mass is 389 g/mol. The number of amides is 1. The summed E-state index contributed by atoms with van der Waals surface area (Å²) in [4.78, 5) is 40.6. The van der Waals surface area contributed by atoms with Crippen LogP contribution in [0.2, 0.25) is 5.02 Å². The number of fused-ring (bicyclic) bond motifs is 1. The van der Waals surface area contributed by atoms with Gasteiger partial charge in [0.15, 0.2) is 11.2 Å². The third-order valence-corrected chi connectivity index (χ3v) is 4.73. The van der Waals surface area contributed by atoms with E-state index in [2.05, 4.69) is 10.3 Å². The van der Waals surface area contributed by atoms with Crippen molar-refractivity contribution in [2.24, 2.45) is 14.1 Å². The van der Waals surface area contributed by atoms with Gasteiger partial charge in [0.1, 0.15) is 0 Å². The molecular weight excluding hydrogens is 370 g/mol. The molecule has 1 amide bonds. The largest absolute Gasteiger partial charge is 0.332 e. The standard InChI is InChI=1S/C18H20ClN5O3/c1-11-6-7-13(12(19)9-11)21-14(25)5-4-8-24-10-20-16-15(24)17(26)23(3)18(27)22(16)2/h6-7,9-10H,4-5,8H2,1-3H3,(H,21,25). The van der Waals surface area contributed by atoms with Crippen molar-refractivity contribution in [1.29, 1.82) is 0 Å². The molecule has 27 heavy (non-hydrogen) atoms. The molecule has 0 atom stereocenters. The molecule has 0 fully saturated rings. The van der Waals surface area contributed by atoms with Gasteiger partial charge in [0, 0.05) is 27.1 Å². The van der Waals surface area contributed by atoms with Crippen LogP contribution < -0.4 is 16.6 Å². The number of rotatable bonds is 5. The summed E-state index contributed by atoms with van der Waals surface area (Å²) in [7, 11) is 3.00. The fourth-order valence-electron chi connectivity index (χ4n) is 2.91. The fraction of sp³-hybridized carbons (Fsp3) is 0.333. The zero-order valence-electron chi connectivity index (χ0n) is 15.3. The summed E-state index contributed by atoms with van der Waals surface area (Å²) in [6.07, 6.45) is 2.28. The molecule has 0 aliphatic heterocycles. The summed E-state index contributed by atoms with van der Waals surface area (Å²) in [6, 6.07) is 5.43. The number of halogens is 1. The van der Waals surface area contributed by atoms with Crippen LogP contribution in [0, 0.1) is 6.92 Å². The second-order valence-electron chi connectivity index (χ2n) is 6.45. The Morgan fingerprint density at radius 3 is 2.67 bits per heavy atom. The number of hydrogen-bond acceptors (Lipinski definition) is 4. The van der Waals surface area contributed by atoms with Crippen molar-refractivity contribution in [3.05, 3.63) is 56.0 Å². The maximum Gasteiger partial charge on any atom is 0.332 e. The lowest BCUT2D eigenvalue weighted by Gasteiger charge is -2.09. The van der Waals surface area contributed by atoms with Crippen LogP contribution in [0.15, 0.2) is 34.1 Å². The average molecular weight is 390 g/mol. The van der Waals surface area contributed by atoms with Crippen molar-refractivity contribution in [3.8, 4) is 0 Å². The van der Waals surface area contributed by atoms with Gasteiger partial charge in [0.05, 0.1) is 17.0 Å². The van der Waals surface area contributed by atoms with E-state index in [0.29, 0.717) is 34.8 Å². The van der Waals surface area contributed by atoms with Crippen molar-refractivity contribution in [2.75, 3.05) is 5.32 Å². The molecule has 0 radical (unpaired) electrons. The molecule has 1 N–H and O–H groups in total. The summed E-state index contributed by atoms with van der Waals surface area (Å²) in [5, 5.41) is 3.28. The molecule has 3 aromatic rings. The Labute approximate surface area is 160 Å². The number of carbonyl (C=O) groups is 1. The highest BCUT2D eigenvalue weighted by atomic mass is 35.5. The van der Waals surface area contributed by atoms with Crippen LogP contribution in [-0.4, -0.2) is 24.6 Å². The van der Waals surface area contributed by atoms with Crippen LogP contribution >= 0.6 is 11.6 Å². The smallest absolute Gasteiger partial charge is 0.325 e. The number of imidazole rings is 1. The summed E-state index contributed by atoms with van der Waals surface area (Å²) in [5.74, 6) is -0.162. The summed E-state index contributed by atoms with van der Waals surface area (Å²) >= 11 is 6.12. The first-order valence-electron chi connectivity index (χ1n) is 8.46. The topological polar surface area (TPSA) is 90.9 Å². The normalized spacial score (nSPS) is 11.1. The van der Waals surface area contributed by atoms with E-state index in [-0.39, 0.29) is 12.3 Å². The quantitative estimate of drug-likeness (QED) is 0.720. The van der Waals surface area contributed by atoms with Crippen LogP contribution in [-0.2, 0) is 25.4 Å². The van der Waals surface area contributed by atoms with Gasteiger partial charge in [-0.05, 0) is 31.0 Å². The first-order valence-corrected chi connectivity index (χ1v) is 8.84. The van der Waals surface area contributed by atoms with Gasteiger partial charge < -0.3 is 9.88 Å². The van der Waals surface area contributed by atoms with Gasteiger partial charge in [0.2, 0.25) is 5.91 Å². The van der Waals surface area contributed by atoms with Gasteiger partial charge in [0.25, 0.3) is 5.56 Å². The highest BCUT2D eigenvalue weighted by molar-refractivity contribution is 6.33. The molecular formula is C18H20ClN5O3. The first kappa shape index (κ1) is 18.9. The Morgan fingerprint density at radius 2 is 1.96 bits per heavy atom. The van der Waals surface area contributed by atoms with Gasteiger partial charge in [-0.1, -0.05) is 17.7 Å². The zero-order valence-corrected chi connectivity index (χ0v) is 16.1. The number of benzene rings is 1. The number of nitrogens with zero attached hydrogens (tertiary/aromatic N) is 4. The summed E-state index contributed by atoms with van der Waals surface area (Å²) in [6.45, 7) is 2.35. The molecule has 0 bridgehead atoms. The molecule has 1 aromatic carbocycles. The molecule has 0 spiro atoms. The SMILES string of the molecule is Cc1ccc(NC(=O)CCCn2cnc3c2c(=O)n(C)c(=O)n3C)c(Cl)c1. The lowest BCUT2D eigenvalue weighted by molar-refractivity contribution is -0.116. The number of aryl methyl sites for hydroxylation is 3. The molecule has 142 valence electrons. The van der Waals surface area contributed by atoms with E-state index in [1.165, 1.54) is 17.9 Å². The van der Waals surface area contributed by atoms with E-state index in [0.717, 1.165) is 10.1 Å². The Kier molecular flexibility index (Phi) is 5.18. The second-order valence-corrected chi connectivity index (χ2v) is 6.86. The van der Waals surface area contributed by atoms with Gasteiger partial charge in [-0.3, -0.25) is 18.7 Å². The molecule has 0 saturated carbocycles. The van der Waals surface area contributed by atoms with Crippen LogP contribution in [0.3, 0.4) is 0 Å². The third kappa shape index (κ3) is 3.66. The molecule has 2 aromatic heterocycles. The van der Waals surface area contributed by atoms with Crippen LogP contribution in [0.4, 0.5) is 5.69 Å². The second kappa shape index (κ2) is 7.40. The molecule has 9 heteroatoms. The van der Waals surface area contributed by atoms with Gasteiger partial charge in [-0.2, -0.15) is 0 Å². The Morgan fingerprint density at radius 1 is 1.22 bits per heavy atom. The fourth-order valence-corrected chi connectivity index (χ4v) is 3.19. The minimum absolute atomic E-state index is 0.162. The lowest BCUT2D eigenvalue weighted by atomic mass is 10.2. The molecule has 0 aliphatic carbocycles. The lowest BCUT2D eigenvalue weighted by Crippen LogP contribution is -2.37. The van der Waals surface area contributed by atoms with Crippen molar-refractivity contribution < 1.29 is 4.79 Å².